The van der Waals surface area contributed by atoms with Crippen LogP contribution >= 0.6 is 0 Å². The van der Waals surface area contributed by atoms with Crippen molar-refractivity contribution in [3.05, 3.63) is 70.6 Å². The van der Waals surface area contributed by atoms with Crippen LogP contribution in [0, 0.1) is 12.7 Å². The number of nitrogens with zero attached hydrogens (tertiary/aromatic N) is 6. The first-order chi connectivity index (χ1) is 15.9. The van der Waals surface area contributed by atoms with Crippen molar-refractivity contribution in [3.63, 3.8) is 0 Å². The van der Waals surface area contributed by atoms with Crippen molar-refractivity contribution in [1.29, 1.82) is 0 Å². The van der Waals surface area contributed by atoms with Crippen LogP contribution in [-0.2, 0) is 0 Å². The highest BCUT2D eigenvalue weighted by molar-refractivity contribution is 5.83. The van der Waals surface area contributed by atoms with Gasteiger partial charge in [-0.1, -0.05) is 6.07 Å². The summed E-state index contributed by atoms with van der Waals surface area (Å²) in [7, 11) is 0. The second-order valence-corrected chi connectivity index (χ2v) is 7.35. The zero-order valence-electron chi connectivity index (χ0n) is 17.6. The van der Waals surface area contributed by atoms with E-state index in [1.165, 1.54) is 23.0 Å². The number of aromatic nitrogens is 7. The van der Waals surface area contributed by atoms with Crippen molar-refractivity contribution < 1.29 is 8.81 Å². The van der Waals surface area contributed by atoms with Crippen LogP contribution in [0.2, 0.25) is 0 Å². The fourth-order valence-corrected chi connectivity index (χ4v) is 3.63. The van der Waals surface area contributed by atoms with Gasteiger partial charge < -0.3 is 15.5 Å². The van der Waals surface area contributed by atoms with Gasteiger partial charge in [0.25, 0.3) is 11.4 Å². The fraction of sp³-hybridized carbons (Fsp3) is 0.143. The molecule has 5 aromatic rings. The van der Waals surface area contributed by atoms with Crippen LogP contribution < -0.4 is 16.6 Å². The van der Waals surface area contributed by atoms with Gasteiger partial charge in [0.2, 0.25) is 5.89 Å². The zero-order valence-corrected chi connectivity index (χ0v) is 17.6. The van der Waals surface area contributed by atoms with Crippen LogP contribution in [0.25, 0.3) is 28.0 Å². The Morgan fingerprint density at radius 2 is 2.06 bits per heavy atom. The van der Waals surface area contributed by atoms with Crippen LogP contribution in [0.4, 0.5) is 16.0 Å². The number of halogens is 1. The average molecular weight is 447 g/mol. The molecule has 33 heavy (non-hydrogen) atoms. The molecule has 12 heteroatoms. The Balaban J connectivity index is 1.65. The highest BCUT2D eigenvalue weighted by Crippen LogP contribution is 2.32. The van der Waals surface area contributed by atoms with Gasteiger partial charge in [0.15, 0.2) is 5.82 Å². The number of anilines is 2. The monoisotopic (exact) mass is 447 g/mol. The van der Waals surface area contributed by atoms with E-state index in [4.69, 9.17) is 10.2 Å². The number of hydrogen-bond donors (Lipinski definition) is 3. The molecule has 0 saturated carbocycles. The summed E-state index contributed by atoms with van der Waals surface area (Å²) in [5.41, 5.74) is 6.58. The Labute approximate surface area is 185 Å². The first kappa shape index (κ1) is 20.3. The molecule has 0 bridgehead atoms. The minimum Gasteiger partial charge on any atom is -0.421 e. The van der Waals surface area contributed by atoms with Crippen molar-refractivity contribution >= 4 is 22.4 Å². The Morgan fingerprint density at radius 3 is 2.79 bits per heavy atom. The molecule has 1 aromatic carbocycles. The third-order valence-corrected chi connectivity index (χ3v) is 5.14. The molecule has 166 valence electrons. The number of benzene rings is 1. The number of aryl methyl sites for hydroxylation is 1. The van der Waals surface area contributed by atoms with E-state index in [1.54, 1.807) is 31.3 Å². The second-order valence-electron chi connectivity index (χ2n) is 7.35. The normalized spacial score (nSPS) is 12.2. The van der Waals surface area contributed by atoms with Crippen molar-refractivity contribution in [1.82, 2.24) is 34.9 Å². The van der Waals surface area contributed by atoms with Gasteiger partial charge in [-0.2, -0.15) is 5.10 Å². The van der Waals surface area contributed by atoms with Crippen LogP contribution in [0.3, 0.4) is 0 Å². The lowest BCUT2D eigenvalue weighted by atomic mass is 10.1. The predicted molar refractivity (Wildman–Crippen MR) is 118 cm³/mol. The Bertz CT molecular complexity index is 1530. The number of hydrogen-bond acceptors (Lipinski definition) is 9. The summed E-state index contributed by atoms with van der Waals surface area (Å²) in [4.78, 5) is 21.6. The van der Waals surface area contributed by atoms with Crippen LogP contribution in [0.15, 0.2) is 52.1 Å². The average Bonchev–Trinajstić information content (AvgIpc) is 3.46. The molecule has 4 N–H and O–H groups in total. The number of nitrogen functional groups attached to an aromatic ring is 1. The van der Waals surface area contributed by atoms with Gasteiger partial charge in [-0.3, -0.25) is 14.5 Å². The van der Waals surface area contributed by atoms with Gasteiger partial charge in [-0.05, 0) is 30.5 Å². The lowest BCUT2D eigenvalue weighted by Gasteiger charge is -2.21. The molecule has 0 fully saturated rings. The van der Waals surface area contributed by atoms with Crippen molar-refractivity contribution in [2.24, 2.45) is 0 Å². The number of nitrogens with one attached hydrogen (secondary N) is 2. The van der Waals surface area contributed by atoms with E-state index in [2.05, 4.69) is 35.7 Å². The SMILES string of the molecule is Cc1nnc(-c2c(N)ncnc2NC(C)c2cc3ccc(F)cc3c(=O)n2-c2cc[nH]n2)o1. The van der Waals surface area contributed by atoms with E-state index in [9.17, 15) is 9.18 Å². The van der Waals surface area contributed by atoms with E-state index < -0.39 is 17.4 Å². The minimum atomic E-state index is -0.497. The maximum Gasteiger partial charge on any atom is 0.264 e. The van der Waals surface area contributed by atoms with Crippen LogP contribution in [0.1, 0.15) is 24.6 Å². The third-order valence-electron chi connectivity index (χ3n) is 5.14. The fourth-order valence-electron chi connectivity index (χ4n) is 3.63. The molecule has 0 saturated heterocycles. The molecule has 1 unspecified atom stereocenters. The molecule has 11 nitrogen and oxygen atoms in total. The van der Waals surface area contributed by atoms with Gasteiger partial charge >= 0.3 is 0 Å². The number of H-pyrrole nitrogens is 1. The third kappa shape index (κ3) is 3.56. The highest BCUT2D eigenvalue weighted by Gasteiger charge is 2.22. The molecule has 4 aromatic heterocycles. The number of rotatable bonds is 5. The van der Waals surface area contributed by atoms with E-state index >= 15 is 0 Å². The van der Waals surface area contributed by atoms with E-state index in [0.29, 0.717) is 34.2 Å². The molecule has 0 radical (unpaired) electrons. The lowest BCUT2D eigenvalue weighted by molar-refractivity contribution is 0.532. The first-order valence-electron chi connectivity index (χ1n) is 9.95. The quantitative estimate of drug-likeness (QED) is 0.369. The Kier molecular flexibility index (Phi) is 4.81. The summed E-state index contributed by atoms with van der Waals surface area (Å²) in [5.74, 6) is 0.897. The van der Waals surface area contributed by atoms with Crippen LogP contribution in [0.5, 0.6) is 0 Å². The van der Waals surface area contributed by atoms with E-state index in [-0.39, 0.29) is 17.1 Å². The molecular weight excluding hydrogens is 429 g/mol. The standard InChI is InChI=1S/C21H18FN9O2/c1-10(27-19-17(18(23)24-9-25-19)20-30-28-11(2)33-20)15-7-12-3-4-13(22)8-14(12)21(32)31(15)16-5-6-26-29-16/h3-10H,1-2H3,(H,26,29)(H3,23,24,25,27). The molecule has 4 heterocycles. The zero-order chi connectivity index (χ0) is 23.1. The molecule has 0 aliphatic rings. The maximum absolute atomic E-state index is 13.9. The van der Waals surface area contributed by atoms with E-state index in [1.807, 2.05) is 6.92 Å². The number of fused-ring (bicyclic) bond motifs is 1. The van der Waals surface area contributed by atoms with Gasteiger partial charge in [-0.25, -0.2) is 14.4 Å². The lowest BCUT2D eigenvalue weighted by Crippen LogP contribution is -2.26. The molecule has 0 amide bonds. The minimum absolute atomic E-state index is 0.155. The Morgan fingerprint density at radius 1 is 1.21 bits per heavy atom. The topological polar surface area (TPSA) is 153 Å². The van der Waals surface area contributed by atoms with Gasteiger partial charge in [0, 0.05) is 19.2 Å². The smallest absolute Gasteiger partial charge is 0.264 e. The summed E-state index contributed by atoms with van der Waals surface area (Å²) in [6, 6.07) is 7.06. The predicted octanol–water partition coefficient (Wildman–Crippen LogP) is 2.76. The van der Waals surface area contributed by atoms with Gasteiger partial charge in [-0.15, -0.1) is 10.2 Å². The number of aromatic amines is 1. The number of pyridine rings is 1. The molecule has 1 atom stereocenters. The van der Waals surface area contributed by atoms with Crippen molar-refractivity contribution in [2.75, 3.05) is 11.1 Å². The summed E-state index contributed by atoms with van der Waals surface area (Å²) >= 11 is 0. The largest absolute Gasteiger partial charge is 0.421 e. The second kappa shape index (κ2) is 7.82. The highest BCUT2D eigenvalue weighted by atomic mass is 19.1. The summed E-state index contributed by atoms with van der Waals surface area (Å²) in [5, 5.41) is 18.8. The molecule has 0 spiro atoms. The molecule has 5 rings (SSSR count). The molecular formula is C21H18FN9O2. The number of nitrogens with two attached hydrogens (primary N) is 1. The van der Waals surface area contributed by atoms with Crippen LogP contribution in [-0.4, -0.2) is 34.9 Å². The summed E-state index contributed by atoms with van der Waals surface area (Å²) < 4.78 is 20.8. The van der Waals surface area contributed by atoms with Crippen molar-refractivity contribution in [3.8, 4) is 17.3 Å². The van der Waals surface area contributed by atoms with Gasteiger partial charge in [0.1, 0.15) is 29.3 Å². The summed E-state index contributed by atoms with van der Waals surface area (Å²) in [6.07, 6.45) is 2.90. The first-order valence-corrected chi connectivity index (χ1v) is 9.95. The van der Waals surface area contributed by atoms with E-state index in [0.717, 1.165) is 0 Å². The Hall–Kier alpha value is -4.61. The van der Waals surface area contributed by atoms with Crippen molar-refractivity contribution in [2.45, 2.75) is 19.9 Å². The van der Waals surface area contributed by atoms with Gasteiger partial charge in [0.05, 0.1) is 17.1 Å². The molecule has 0 aliphatic heterocycles. The maximum atomic E-state index is 13.9. The molecule has 0 aliphatic carbocycles. The summed E-state index contributed by atoms with van der Waals surface area (Å²) in [6.45, 7) is 3.50.